The highest BCUT2D eigenvalue weighted by molar-refractivity contribution is 6.35. The van der Waals surface area contributed by atoms with Crippen molar-refractivity contribution in [3.05, 3.63) is 52.0 Å². The lowest BCUT2D eigenvalue weighted by molar-refractivity contribution is -0.123. The molecule has 132 valence electrons. The molecule has 1 unspecified atom stereocenters. The quantitative estimate of drug-likeness (QED) is 0.764. The van der Waals surface area contributed by atoms with Crippen molar-refractivity contribution in [1.29, 1.82) is 0 Å². The van der Waals surface area contributed by atoms with Gasteiger partial charge >= 0.3 is 5.97 Å². The average molecular weight is 384 g/mol. The van der Waals surface area contributed by atoms with Gasteiger partial charge in [0.05, 0.1) is 17.8 Å². The molecule has 6 nitrogen and oxygen atoms in total. The Balaban J connectivity index is 2.05. The Morgan fingerprint density at radius 3 is 2.52 bits per heavy atom. The highest BCUT2D eigenvalue weighted by atomic mass is 35.5. The molecule has 8 heteroatoms. The molecule has 0 fully saturated rings. The van der Waals surface area contributed by atoms with Gasteiger partial charge in [-0.1, -0.05) is 23.2 Å². The van der Waals surface area contributed by atoms with Gasteiger partial charge in [0, 0.05) is 11.1 Å². The van der Waals surface area contributed by atoms with Crippen LogP contribution in [0.1, 0.15) is 17.3 Å². The number of carbonyl (C=O) groups is 2. The third kappa shape index (κ3) is 4.78. The van der Waals surface area contributed by atoms with Crippen LogP contribution >= 0.6 is 23.2 Å². The lowest BCUT2D eigenvalue weighted by atomic mass is 10.2. The number of carbonyl (C=O) groups excluding carboxylic acids is 2. The molecule has 2 aromatic rings. The van der Waals surface area contributed by atoms with E-state index in [0.717, 1.165) is 0 Å². The number of benzene rings is 2. The summed E-state index contributed by atoms with van der Waals surface area (Å²) in [7, 11) is 1.43. The fourth-order valence-corrected chi connectivity index (χ4v) is 2.25. The first kappa shape index (κ1) is 18.9. The highest BCUT2D eigenvalue weighted by Crippen LogP contribution is 2.26. The molecule has 2 aromatic carbocycles. The molecule has 0 saturated carbocycles. The average Bonchev–Trinajstić information content (AvgIpc) is 2.57. The van der Waals surface area contributed by atoms with E-state index in [9.17, 15) is 14.7 Å². The standard InChI is InChI=1S/C17H15Cl2NO5/c1-9(16(22)20-14-7-10(18)3-6-13(14)19)25-17(23)12-5-4-11(24-2)8-15(12)21/h3-9,21H,1-2H3,(H,20,22). The summed E-state index contributed by atoms with van der Waals surface area (Å²) in [4.78, 5) is 24.3. The Kier molecular flexibility index (Phi) is 6.12. The fraction of sp³-hybridized carbons (Fsp3) is 0.176. The number of ether oxygens (including phenoxy) is 2. The van der Waals surface area contributed by atoms with Gasteiger partial charge in [-0.05, 0) is 37.3 Å². The summed E-state index contributed by atoms with van der Waals surface area (Å²) in [6.45, 7) is 1.40. The number of phenols is 1. The van der Waals surface area contributed by atoms with Crippen molar-refractivity contribution >= 4 is 40.8 Å². The van der Waals surface area contributed by atoms with Gasteiger partial charge in [-0.15, -0.1) is 0 Å². The number of halogens is 2. The van der Waals surface area contributed by atoms with Crippen LogP contribution in [0.4, 0.5) is 5.69 Å². The second kappa shape index (κ2) is 8.09. The minimum absolute atomic E-state index is 0.0822. The summed E-state index contributed by atoms with van der Waals surface area (Å²) in [6, 6.07) is 8.70. The van der Waals surface area contributed by atoms with Crippen molar-refractivity contribution in [3.63, 3.8) is 0 Å². The monoisotopic (exact) mass is 383 g/mol. The first-order valence-electron chi connectivity index (χ1n) is 7.15. The van der Waals surface area contributed by atoms with E-state index < -0.39 is 18.0 Å². The summed E-state index contributed by atoms with van der Waals surface area (Å²) >= 11 is 11.8. The first-order valence-corrected chi connectivity index (χ1v) is 7.91. The van der Waals surface area contributed by atoms with Crippen LogP contribution in [0.5, 0.6) is 11.5 Å². The molecule has 1 atom stereocenters. The van der Waals surface area contributed by atoms with Gasteiger partial charge in [0.2, 0.25) is 0 Å². The molecule has 0 heterocycles. The van der Waals surface area contributed by atoms with E-state index in [1.54, 1.807) is 6.07 Å². The van der Waals surface area contributed by atoms with Gasteiger partial charge in [-0.2, -0.15) is 0 Å². The molecule has 0 aliphatic carbocycles. The van der Waals surface area contributed by atoms with E-state index in [-0.39, 0.29) is 11.3 Å². The second-order valence-electron chi connectivity index (χ2n) is 5.04. The third-order valence-corrected chi connectivity index (χ3v) is 3.83. The molecule has 0 aliphatic rings. The van der Waals surface area contributed by atoms with Crippen LogP contribution in [0.2, 0.25) is 10.0 Å². The largest absolute Gasteiger partial charge is 0.507 e. The molecule has 0 aromatic heterocycles. The van der Waals surface area contributed by atoms with E-state index in [1.807, 2.05) is 0 Å². The van der Waals surface area contributed by atoms with Crippen molar-refractivity contribution in [3.8, 4) is 11.5 Å². The van der Waals surface area contributed by atoms with Crippen LogP contribution in [0.25, 0.3) is 0 Å². The Bertz CT molecular complexity index is 810. The topological polar surface area (TPSA) is 84.9 Å². The van der Waals surface area contributed by atoms with Gasteiger partial charge in [0.25, 0.3) is 5.91 Å². The number of esters is 1. The highest BCUT2D eigenvalue weighted by Gasteiger charge is 2.22. The number of hydrogen-bond acceptors (Lipinski definition) is 5. The summed E-state index contributed by atoms with van der Waals surface area (Å²) in [6.07, 6.45) is -1.12. The van der Waals surface area contributed by atoms with E-state index in [1.165, 1.54) is 44.4 Å². The van der Waals surface area contributed by atoms with Crippen molar-refractivity contribution in [2.45, 2.75) is 13.0 Å². The van der Waals surface area contributed by atoms with Crippen molar-refractivity contribution in [2.75, 3.05) is 12.4 Å². The van der Waals surface area contributed by atoms with E-state index in [4.69, 9.17) is 32.7 Å². The number of aromatic hydroxyl groups is 1. The van der Waals surface area contributed by atoms with E-state index >= 15 is 0 Å². The van der Waals surface area contributed by atoms with Crippen LogP contribution in [-0.4, -0.2) is 30.2 Å². The van der Waals surface area contributed by atoms with Crippen LogP contribution in [0.15, 0.2) is 36.4 Å². The molecular weight excluding hydrogens is 369 g/mol. The van der Waals surface area contributed by atoms with Crippen LogP contribution < -0.4 is 10.1 Å². The maximum absolute atomic E-state index is 12.2. The molecule has 0 radical (unpaired) electrons. The predicted octanol–water partition coefficient (Wildman–Crippen LogP) is 3.89. The maximum atomic E-state index is 12.2. The number of methoxy groups -OCH3 is 1. The summed E-state index contributed by atoms with van der Waals surface area (Å²) in [5, 5.41) is 13.0. The van der Waals surface area contributed by atoms with Crippen molar-refractivity contribution in [1.82, 2.24) is 0 Å². The SMILES string of the molecule is COc1ccc(C(=O)OC(C)C(=O)Nc2cc(Cl)ccc2Cl)c(O)c1. The molecule has 0 bridgehead atoms. The Labute approximate surface area is 154 Å². The van der Waals surface area contributed by atoms with Crippen molar-refractivity contribution in [2.24, 2.45) is 0 Å². The number of nitrogens with one attached hydrogen (secondary N) is 1. The summed E-state index contributed by atoms with van der Waals surface area (Å²) in [5.41, 5.74) is 0.218. The molecule has 0 saturated heterocycles. The molecule has 1 amide bonds. The van der Waals surface area contributed by atoms with Crippen molar-refractivity contribution < 1.29 is 24.2 Å². The Morgan fingerprint density at radius 1 is 1.16 bits per heavy atom. The maximum Gasteiger partial charge on any atom is 0.342 e. The normalized spacial score (nSPS) is 11.5. The second-order valence-corrected chi connectivity index (χ2v) is 5.89. The molecule has 2 N–H and O–H groups in total. The smallest absolute Gasteiger partial charge is 0.342 e. The lowest BCUT2D eigenvalue weighted by Gasteiger charge is -2.15. The molecule has 0 aliphatic heterocycles. The first-order chi connectivity index (χ1) is 11.8. The fourth-order valence-electron chi connectivity index (χ4n) is 1.92. The zero-order valence-corrected chi connectivity index (χ0v) is 14.9. The van der Waals surface area contributed by atoms with Crippen LogP contribution in [0, 0.1) is 0 Å². The molecule has 25 heavy (non-hydrogen) atoms. The summed E-state index contributed by atoms with van der Waals surface area (Å²) < 4.78 is 10.0. The molecule has 0 spiro atoms. The van der Waals surface area contributed by atoms with Gasteiger partial charge in [-0.25, -0.2) is 4.79 Å². The predicted molar refractivity (Wildman–Crippen MR) is 94.6 cm³/mol. The zero-order chi connectivity index (χ0) is 18.6. The number of phenolic OH excluding ortho intramolecular Hbond substituents is 1. The minimum atomic E-state index is -1.12. The van der Waals surface area contributed by atoms with Gasteiger partial charge < -0.3 is 19.9 Å². The summed E-state index contributed by atoms with van der Waals surface area (Å²) in [5.74, 6) is -1.37. The lowest BCUT2D eigenvalue weighted by Crippen LogP contribution is -2.30. The van der Waals surface area contributed by atoms with Gasteiger partial charge in [0.15, 0.2) is 6.10 Å². The number of amides is 1. The number of anilines is 1. The van der Waals surface area contributed by atoms with E-state index in [2.05, 4.69) is 5.32 Å². The minimum Gasteiger partial charge on any atom is -0.507 e. The van der Waals surface area contributed by atoms with Crippen LogP contribution in [-0.2, 0) is 9.53 Å². The number of rotatable bonds is 5. The van der Waals surface area contributed by atoms with Crippen LogP contribution in [0.3, 0.4) is 0 Å². The van der Waals surface area contributed by atoms with Gasteiger partial charge in [0.1, 0.15) is 17.1 Å². The number of hydrogen-bond donors (Lipinski definition) is 2. The van der Waals surface area contributed by atoms with E-state index in [0.29, 0.717) is 21.5 Å². The third-order valence-electron chi connectivity index (χ3n) is 3.26. The Hall–Kier alpha value is -2.44. The Morgan fingerprint density at radius 2 is 1.88 bits per heavy atom. The molecule has 2 rings (SSSR count). The van der Waals surface area contributed by atoms with Gasteiger partial charge in [-0.3, -0.25) is 4.79 Å². The molecular formula is C17H15Cl2NO5. The zero-order valence-electron chi connectivity index (χ0n) is 13.4.